The molecule has 1 saturated heterocycles. The van der Waals surface area contributed by atoms with Crippen molar-refractivity contribution in [1.82, 2.24) is 13.8 Å². The number of hydrogen-bond acceptors (Lipinski definition) is 4. The second-order valence-electron chi connectivity index (χ2n) is 7.61. The fraction of sp³-hybridized carbons (Fsp3) is 0.318. The fourth-order valence-corrected chi connectivity index (χ4v) is 6.95. The Balaban J connectivity index is 1.46. The maximum Gasteiger partial charge on any atom is 0.255 e. The number of sulfonamides is 1. The highest BCUT2D eigenvalue weighted by atomic mass is 35.5. The lowest BCUT2D eigenvalue weighted by atomic mass is 10.2. The van der Waals surface area contributed by atoms with Gasteiger partial charge in [-0.05, 0) is 37.6 Å². The summed E-state index contributed by atoms with van der Waals surface area (Å²) in [7, 11) is -3.57. The summed E-state index contributed by atoms with van der Waals surface area (Å²) < 4.78 is 29.8. The Bertz CT molecular complexity index is 1190. The molecule has 9 heteroatoms. The molecule has 3 aromatic rings. The van der Waals surface area contributed by atoms with E-state index in [1.807, 2.05) is 38.1 Å². The predicted molar refractivity (Wildman–Crippen MR) is 123 cm³/mol. The molecule has 0 N–H and O–H groups in total. The third-order valence-electron chi connectivity index (χ3n) is 5.66. The largest absolute Gasteiger partial charge is 0.344 e. The lowest BCUT2D eigenvalue weighted by Crippen LogP contribution is -2.50. The smallest absolute Gasteiger partial charge is 0.255 e. The van der Waals surface area contributed by atoms with E-state index in [2.05, 4.69) is 16.7 Å². The molecule has 1 fully saturated rings. The van der Waals surface area contributed by atoms with E-state index in [1.54, 1.807) is 11.0 Å². The molecule has 0 unspecified atom stereocenters. The summed E-state index contributed by atoms with van der Waals surface area (Å²) in [5, 5.41) is 0. The van der Waals surface area contributed by atoms with E-state index in [4.69, 9.17) is 11.6 Å². The van der Waals surface area contributed by atoms with Gasteiger partial charge in [0, 0.05) is 44.1 Å². The van der Waals surface area contributed by atoms with Crippen LogP contribution >= 0.6 is 22.9 Å². The van der Waals surface area contributed by atoms with Crippen LogP contribution in [0.4, 0.5) is 0 Å². The molecule has 1 aromatic carbocycles. The number of carbonyl (C=O) groups is 1. The van der Waals surface area contributed by atoms with Crippen molar-refractivity contribution in [3.05, 3.63) is 75.4 Å². The van der Waals surface area contributed by atoms with E-state index >= 15 is 0 Å². The zero-order valence-corrected chi connectivity index (χ0v) is 19.8. The number of hydrogen-bond donors (Lipinski definition) is 0. The normalized spacial score (nSPS) is 15.4. The minimum atomic E-state index is -3.57. The van der Waals surface area contributed by atoms with Crippen LogP contribution in [0, 0.1) is 13.8 Å². The third-order valence-corrected chi connectivity index (χ3v) is 9.25. The molecule has 1 amide bonds. The summed E-state index contributed by atoms with van der Waals surface area (Å²) in [6.07, 6.45) is 0. The lowest BCUT2D eigenvalue weighted by molar-refractivity contribution is 0.0697. The van der Waals surface area contributed by atoms with Crippen molar-refractivity contribution in [1.29, 1.82) is 0 Å². The summed E-state index contributed by atoms with van der Waals surface area (Å²) in [6.45, 7) is 5.94. The summed E-state index contributed by atoms with van der Waals surface area (Å²) in [6, 6.07) is 15.2. The minimum Gasteiger partial charge on any atom is -0.344 e. The number of nitrogens with zero attached hydrogens (tertiary/aromatic N) is 3. The molecule has 164 valence electrons. The van der Waals surface area contributed by atoms with Gasteiger partial charge in [0.15, 0.2) is 0 Å². The number of amides is 1. The van der Waals surface area contributed by atoms with Crippen LogP contribution < -0.4 is 0 Å². The highest BCUT2D eigenvalue weighted by molar-refractivity contribution is 7.91. The second-order valence-corrected chi connectivity index (χ2v) is 11.5. The van der Waals surface area contributed by atoms with Crippen molar-refractivity contribution >= 4 is 38.9 Å². The molecule has 2 aromatic heterocycles. The number of aromatic nitrogens is 1. The Morgan fingerprint density at radius 3 is 2.32 bits per heavy atom. The average Bonchev–Trinajstić information content (AvgIpc) is 3.33. The number of rotatable bonds is 5. The van der Waals surface area contributed by atoms with E-state index in [1.165, 1.54) is 15.9 Å². The first-order valence-corrected chi connectivity index (χ1v) is 12.7. The Morgan fingerprint density at radius 2 is 1.71 bits per heavy atom. The molecule has 0 saturated carbocycles. The molecule has 0 radical (unpaired) electrons. The van der Waals surface area contributed by atoms with Gasteiger partial charge in [0.05, 0.1) is 9.90 Å². The van der Waals surface area contributed by atoms with Crippen molar-refractivity contribution in [3.8, 4) is 0 Å². The summed E-state index contributed by atoms with van der Waals surface area (Å²) in [4.78, 5) is 14.9. The molecule has 0 spiro atoms. The molecule has 6 nitrogen and oxygen atoms in total. The SMILES string of the molecule is Cc1cc(C(=O)N2CCN(S(=O)(=O)c3ccc(Cl)s3)CC2)c(C)n1Cc1ccccc1. The Morgan fingerprint density at radius 1 is 1.03 bits per heavy atom. The van der Waals surface area contributed by atoms with Gasteiger partial charge in [-0.3, -0.25) is 4.79 Å². The zero-order valence-electron chi connectivity index (χ0n) is 17.4. The summed E-state index contributed by atoms with van der Waals surface area (Å²) in [5.41, 5.74) is 3.81. The monoisotopic (exact) mass is 477 g/mol. The van der Waals surface area contributed by atoms with E-state index in [0.29, 0.717) is 29.5 Å². The molecule has 1 aliphatic heterocycles. The van der Waals surface area contributed by atoms with E-state index < -0.39 is 10.0 Å². The summed E-state index contributed by atoms with van der Waals surface area (Å²) >= 11 is 6.95. The van der Waals surface area contributed by atoms with Crippen LogP contribution in [0.25, 0.3) is 0 Å². The van der Waals surface area contributed by atoms with Crippen LogP contribution in [0.2, 0.25) is 4.34 Å². The van der Waals surface area contributed by atoms with Gasteiger partial charge in [-0.15, -0.1) is 11.3 Å². The number of benzene rings is 1. The highest BCUT2D eigenvalue weighted by Crippen LogP contribution is 2.29. The van der Waals surface area contributed by atoms with Gasteiger partial charge in [-0.1, -0.05) is 41.9 Å². The third kappa shape index (κ3) is 4.43. The second kappa shape index (κ2) is 8.78. The first-order chi connectivity index (χ1) is 14.8. The van der Waals surface area contributed by atoms with Gasteiger partial charge in [0.1, 0.15) is 4.21 Å². The van der Waals surface area contributed by atoms with E-state index in [-0.39, 0.29) is 23.2 Å². The minimum absolute atomic E-state index is 0.0522. The van der Waals surface area contributed by atoms with Crippen molar-refractivity contribution in [2.45, 2.75) is 24.6 Å². The molecular formula is C22H24ClN3O3S2. The molecule has 0 aliphatic carbocycles. The van der Waals surface area contributed by atoms with Crippen molar-refractivity contribution in [3.63, 3.8) is 0 Å². The van der Waals surface area contributed by atoms with Gasteiger partial charge in [0.2, 0.25) is 0 Å². The fourth-order valence-electron chi connectivity index (χ4n) is 3.89. The lowest BCUT2D eigenvalue weighted by Gasteiger charge is -2.33. The van der Waals surface area contributed by atoms with Crippen molar-refractivity contribution < 1.29 is 13.2 Å². The van der Waals surface area contributed by atoms with E-state index in [0.717, 1.165) is 22.7 Å². The highest BCUT2D eigenvalue weighted by Gasteiger charge is 2.32. The van der Waals surface area contributed by atoms with Crippen LogP contribution in [0.15, 0.2) is 52.7 Å². The zero-order chi connectivity index (χ0) is 22.2. The van der Waals surface area contributed by atoms with Crippen molar-refractivity contribution in [2.75, 3.05) is 26.2 Å². The first-order valence-electron chi connectivity index (χ1n) is 10.0. The van der Waals surface area contributed by atoms with Crippen LogP contribution in [0.3, 0.4) is 0 Å². The molecule has 3 heterocycles. The molecule has 0 bridgehead atoms. The standard InChI is InChI=1S/C22H24ClN3O3S2/c1-16-14-19(17(2)26(16)15-18-6-4-3-5-7-18)22(27)24-10-12-25(13-11-24)31(28,29)21-9-8-20(23)30-21/h3-9,14H,10-13,15H2,1-2H3. The van der Waals surface area contributed by atoms with Gasteiger partial charge >= 0.3 is 0 Å². The maximum absolute atomic E-state index is 13.2. The molecular weight excluding hydrogens is 454 g/mol. The van der Waals surface area contributed by atoms with Crippen LogP contribution in [0.1, 0.15) is 27.3 Å². The van der Waals surface area contributed by atoms with Gasteiger partial charge in [-0.2, -0.15) is 4.31 Å². The molecule has 31 heavy (non-hydrogen) atoms. The molecule has 1 aliphatic rings. The first kappa shape index (κ1) is 22.1. The van der Waals surface area contributed by atoms with E-state index in [9.17, 15) is 13.2 Å². The topological polar surface area (TPSA) is 62.6 Å². The number of halogens is 1. The Hall–Kier alpha value is -2.13. The van der Waals surface area contributed by atoms with Crippen LogP contribution in [0.5, 0.6) is 0 Å². The number of thiophene rings is 1. The van der Waals surface area contributed by atoms with Crippen LogP contribution in [-0.2, 0) is 16.6 Å². The molecule has 4 rings (SSSR count). The predicted octanol–water partition coefficient (Wildman–Crippen LogP) is 4.01. The van der Waals surface area contributed by atoms with Gasteiger partial charge < -0.3 is 9.47 Å². The maximum atomic E-state index is 13.2. The number of carbonyl (C=O) groups excluding carboxylic acids is 1. The average molecular weight is 478 g/mol. The number of piperazine rings is 1. The summed E-state index contributed by atoms with van der Waals surface area (Å²) in [5.74, 6) is -0.0522. The Kier molecular flexibility index (Phi) is 6.25. The van der Waals surface area contributed by atoms with Crippen LogP contribution in [-0.4, -0.2) is 54.3 Å². The Labute approximate surface area is 191 Å². The quantitative estimate of drug-likeness (QED) is 0.557. The van der Waals surface area contributed by atoms with Gasteiger partial charge in [0.25, 0.3) is 15.9 Å². The van der Waals surface area contributed by atoms with Gasteiger partial charge in [-0.25, -0.2) is 8.42 Å². The number of aryl methyl sites for hydroxylation is 1. The molecule has 0 atom stereocenters. The van der Waals surface area contributed by atoms with Crippen molar-refractivity contribution in [2.24, 2.45) is 0 Å².